The molecule has 2 nitrogen and oxygen atoms in total. The average Bonchev–Trinajstić information content (AvgIpc) is 3.51. The van der Waals surface area contributed by atoms with Crippen LogP contribution in [-0.4, -0.2) is 19.3 Å². The summed E-state index contributed by atoms with van der Waals surface area (Å²) in [6.45, 7) is 6.15. The molecule has 0 aromatic heterocycles. The average molecular weight is 375 g/mol. The number of epoxide rings is 1. The monoisotopic (exact) mass is 374 g/mol. The van der Waals surface area contributed by atoms with E-state index in [1.807, 2.05) is 0 Å². The smallest absolute Gasteiger partial charge is 0.122 e. The number of hydrogen-bond donors (Lipinski definition) is 0. The Kier molecular flexibility index (Phi) is 11.6. The second-order valence-corrected chi connectivity index (χ2v) is 8.20. The maximum absolute atomic E-state index is 6.13. The summed E-state index contributed by atoms with van der Waals surface area (Å²) in [4.78, 5) is 0. The van der Waals surface area contributed by atoms with E-state index in [0.29, 0.717) is 12.7 Å². The predicted molar refractivity (Wildman–Crippen MR) is 116 cm³/mol. The Labute approximate surface area is 168 Å². The molecule has 1 aromatic rings. The van der Waals surface area contributed by atoms with Crippen molar-refractivity contribution < 1.29 is 9.47 Å². The van der Waals surface area contributed by atoms with Crippen molar-refractivity contribution in [2.75, 3.05) is 13.2 Å². The highest BCUT2D eigenvalue weighted by atomic mass is 16.6. The highest BCUT2D eigenvalue weighted by molar-refractivity contribution is 5.40. The minimum absolute atomic E-state index is 0.328. The van der Waals surface area contributed by atoms with Crippen LogP contribution >= 0.6 is 0 Å². The summed E-state index contributed by atoms with van der Waals surface area (Å²) in [5, 5.41) is 0. The van der Waals surface area contributed by atoms with Crippen LogP contribution in [0.15, 0.2) is 18.2 Å². The molecule has 1 heterocycles. The van der Waals surface area contributed by atoms with Crippen LogP contribution in [0.1, 0.15) is 102 Å². The van der Waals surface area contributed by atoms with Gasteiger partial charge >= 0.3 is 0 Å². The SMILES string of the molecule is CCCCCCCCc1cccc(OCC2CO2)c1CCCCCCCC. The molecule has 154 valence electrons. The minimum Gasteiger partial charge on any atom is -0.490 e. The van der Waals surface area contributed by atoms with Crippen molar-refractivity contribution in [1.29, 1.82) is 0 Å². The van der Waals surface area contributed by atoms with Crippen molar-refractivity contribution in [3.8, 4) is 5.75 Å². The molecule has 1 aromatic carbocycles. The van der Waals surface area contributed by atoms with Gasteiger partial charge < -0.3 is 9.47 Å². The Morgan fingerprint density at radius 1 is 0.815 bits per heavy atom. The Balaban J connectivity index is 1.84. The van der Waals surface area contributed by atoms with Crippen molar-refractivity contribution >= 4 is 0 Å². The maximum Gasteiger partial charge on any atom is 0.122 e. The third-order valence-corrected chi connectivity index (χ3v) is 5.64. The number of rotatable bonds is 17. The molecule has 1 unspecified atom stereocenters. The van der Waals surface area contributed by atoms with Crippen LogP contribution in [0.2, 0.25) is 0 Å². The molecular formula is C25H42O2. The van der Waals surface area contributed by atoms with Crippen LogP contribution in [0.3, 0.4) is 0 Å². The molecule has 0 amide bonds. The van der Waals surface area contributed by atoms with Gasteiger partial charge in [0.2, 0.25) is 0 Å². The van der Waals surface area contributed by atoms with Crippen LogP contribution < -0.4 is 4.74 Å². The zero-order chi connectivity index (χ0) is 19.2. The number of ether oxygens (including phenoxy) is 2. The molecular weight excluding hydrogens is 332 g/mol. The van der Waals surface area contributed by atoms with Crippen LogP contribution in [0.25, 0.3) is 0 Å². The fourth-order valence-electron chi connectivity index (χ4n) is 3.79. The Bertz CT molecular complexity index is 493. The molecule has 1 fully saturated rings. The van der Waals surface area contributed by atoms with E-state index in [1.54, 1.807) is 0 Å². The topological polar surface area (TPSA) is 21.8 Å². The second-order valence-electron chi connectivity index (χ2n) is 8.20. The molecule has 2 rings (SSSR count). The van der Waals surface area contributed by atoms with E-state index < -0.39 is 0 Å². The zero-order valence-corrected chi connectivity index (χ0v) is 17.9. The van der Waals surface area contributed by atoms with Crippen LogP contribution in [0.4, 0.5) is 0 Å². The van der Waals surface area contributed by atoms with Gasteiger partial charge in [-0.15, -0.1) is 0 Å². The molecule has 1 saturated heterocycles. The summed E-state index contributed by atoms with van der Waals surface area (Å²) in [7, 11) is 0. The molecule has 1 aliphatic heterocycles. The van der Waals surface area contributed by atoms with Gasteiger partial charge in [0.25, 0.3) is 0 Å². The fourth-order valence-corrected chi connectivity index (χ4v) is 3.79. The molecule has 0 bridgehead atoms. The lowest BCUT2D eigenvalue weighted by Gasteiger charge is -2.16. The third-order valence-electron chi connectivity index (χ3n) is 5.64. The lowest BCUT2D eigenvalue weighted by molar-refractivity contribution is 0.260. The van der Waals surface area contributed by atoms with E-state index in [2.05, 4.69) is 32.0 Å². The highest BCUT2D eigenvalue weighted by Gasteiger charge is 2.23. The van der Waals surface area contributed by atoms with Gasteiger partial charge in [0, 0.05) is 0 Å². The number of hydrogen-bond acceptors (Lipinski definition) is 2. The summed E-state index contributed by atoms with van der Waals surface area (Å²) >= 11 is 0. The van der Waals surface area contributed by atoms with Crippen LogP contribution in [0.5, 0.6) is 5.75 Å². The summed E-state index contributed by atoms with van der Waals surface area (Å²) < 4.78 is 11.5. The van der Waals surface area contributed by atoms with E-state index >= 15 is 0 Å². The summed E-state index contributed by atoms with van der Waals surface area (Å²) in [6.07, 6.45) is 18.9. The Hall–Kier alpha value is -1.02. The molecule has 27 heavy (non-hydrogen) atoms. The first-order valence-electron chi connectivity index (χ1n) is 11.7. The fraction of sp³-hybridized carbons (Fsp3) is 0.760. The van der Waals surface area contributed by atoms with Gasteiger partial charge in [-0.3, -0.25) is 0 Å². The molecule has 0 N–H and O–H groups in total. The van der Waals surface area contributed by atoms with Crippen molar-refractivity contribution in [2.24, 2.45) is 0 Å². The summed E-state index contributed by atoms with van der Waals surface area (Å²) in [5.74, 6) is 1.11. The van der Waals surface area contributed by atoms with Gasteiger partial charge in [0.1, 0.15) is 18.5 Å². The Morgan fingerprint density at radius 2 is 1.41 bits per heavy atom. The van der Waals surface area contributed by atoms with Crippen molar-refractivity contribution in [1.82, 2.24) is 0 Å². The predicted octanol–water partition coefficient (Wildman–Crippen LogP) is 7.27. The van der Waals surface area contributed by atoms with E-state index in [9.17, 15) is 0 Å². The zero-order valence-electron chi connectivity index (χ0n) is 17.9. The molecule has 0 radical (unpaired) electrons. The van der Waals surface area contributed by atoms with E-state index in [4.69, 9.17) is 9.47 Å². The van der Waals surface area contributed by atoms with Gasteiger partial charge in [0.05, 0.1) is 6.61 Å². The molecule has 1 atom stereocenters. The summed E-state index contributed by atoms with van der Waals surface area (Å²) in [6, 6.07) is 6.68. The standard InChI is InChI=1S/C25H42O2/c1-3-5-7-9-11-13-16-22-17-15-19-25(27-21-23-20-26-23)24(22)18-14-12-10-8-6-4-2/h15,17,19,23H,3-14,16,18,20-21H2,1-2H3. The minimum atomic E-state index is 0.328. The van der Waals surface area contributed by atoms with Gasteiger partial charge in [-0.05, 0) is 42.9 Å². The van der Waals surface area contributed by atoms with Gasteiger partial charge in [-0.2, -0.15) is 0 Å². The largest absolute Gasteiger partial charge is 0.490 e. The highest BCUT2D eigenvalue weighted by Crippen LogP contribution is 2.27. The van der Waals surface area contributed by atoms with Crippen LogP contribution in [0, 0.1) is 0 Å². The summed E-state index contributed by atoms with van der Waals surface area (Å²) in [5.41, 5.74) is 3.00. The van der Waals surface area contributed by atoms with Crippen molar-refractivity contribution in [3.63, 3.8) is 0 Å². The normalized spacial score (nSPS) is 15.9. The lowest BCUT2D eigenvalue weighted by atomic mass is 9.95. The lowest BCUT2D eigenvalue weighted by Crippen LogP contribution is -2.07. The second kappa shape index (κ2) is 14.0. The van der Waals surface area contributed by atoms with Crippen molar-refractivity contribution in [3.05, 3.63) is 29.3 Å². The van der Waals surface area contributed by atoms with Crippen molar-refractivity contribution in [2.45, 2.75) is 110 Å². The first-order valence-corrected chi connectivity index (χ1v) is 11.7. The Morgan fingerprint density at radius 3 is 2.04 bits per heavy atom. The number of aryl methyl sites for hydroxylation is 1. The first-order chi connectivity index (χ1) is 13.3. The van der Waals surface area contributed by atoms with Crippen LogP contribution in [-0.2, 0) is 17.6 Å². The van der Waals surface area contributed by atoms with E-state index in [0.717, 1.165) is 12.4 Å². The maximum atomic E-state index is 6.13. The molecule has 0 aliphatic carbocycles. The molecule has 1 aliphatic rings. The number of unbranched alkanes of at least 4 members (excludes halogenated alkanes) is 10. The third kappa shape index (κ3) is 9.65. The van der Waals surface area contributed by atoms with E-state index in [1.165, 1.54) is 101 Å². The van der Waals surface area contributed by atoms with E-state index in [-0.39, 0.29) is 0 Å². The van der Waals surface area contributed by atoms with Gasteiger partial charge in [-0.1, -0.05) is 90.2 Å². The van der Waals surface area contributed by atoms with Gasteiger partial charge in [0.15, 0.2) is 0 Å². The number of benzene rings is 1. The van der Waals surface area contributed by atoms with Gasteiger partial charge in [-0.25, -0.2) is 0 Å². The molecule has 0 saturated carbocycles. The first kappa shape index (κ1) is 22.3. The molecule has 0 spiro atoms. The quantitative estimate of drug-likeness (QED) is 0.211. The molecule has 2 heteroatoms.